The summed E-state index contributed by atoms with van der Waals surface area (Å²) in [7, 11) is 0. The first-order valence-corrected chi connectivity index (χ1v) is 10.4. The van der Waals surface area contributed by atoms with Crippen LogP contribution in [-0.4, -0.2) is 31.6 Å². The molecule has 3 heterocycles. The lowest BCUT2D eigenvalue weighted by molar-refractivity contribution is -0.113. The van der Waals surface area contributed by atoms with E-state index in [-0.39, 0.29) is 11.7 Å². The van der Waals surface area contributed by atoms with E-state index < -0.39 is 0 Å². The molecule has 0 atom stereocenters. The molecule has 0 saturated heterocycles. The lowest BCUT2D eigenvalue weighted by atomic mass is 10.2. The molecule has 3 aromatic heterocycles. The van der Waals surface area contributed by atoms with Gasteiger partial charge in [0.25, 0.3) is 0 Å². The Morgan fingerprint density at radius 1 is 1.21 bits per heavy atom. The fourth-order valence-electron chi connectivity index (χ4n) is 2.65. The Kier molecular flexibility index (Phi) is 5.81. The standard InChI is InChI=1S/C19H16BrN5O3S/c1-12-9-17(28-24-12)21-16(26)11-29-19-23-22-18(14-7-8-15(20)27-14)25(19)10-13-5-3-2-4-6-13/h2-9H,10-11H2,1H3,(H,21,26). The van der Waals surface area contributed by atoms with Gasteiger partial charge in [0.05, 0.1) is 18.0 Å². The van der Waals surface area contributed by atoms with Gasteiger partial charge >= 0.3 is 0 Å². The van der Waals surface area contributed by atoms with Gasteiger partial charge in [-0.1, -0.05) is 47.3 Å². The van der Waals surface area contributed by atoms with Crippen LogP contribution in [0.25, 0.3) is 11.6 Å². The first-order valence-electron chi connectivity index (χ1n) is 8.67. The number of benzene rings is 1. The molecule has 1 N–H and O–H groups in total. The Balaban J connectivity index is 1.54. The van der Waals surface area contributed by atoms with E-state index in [1.165, 1.54) is 11.8 Å². The zero-order valence-electron chi connectivity index (χ0n) is 15.3. The molecule has 1 aromatic carbocycles. The van der Waals surface area contributed by atoms with Crippen LogP contribution in [-0.2, 0) is 11.3 Å². The summed E-state index contributed by atoms with van der Waals surface area (Å²) in [6.45, 7) is 2.33. The maximum absolute atomic E-state index is 12.2. The molecule has 0 radical (unpaired) electrons. The SMILES string of the molecule is Cc1cc(NC(=O)CSc2nnc(-c3ccc(Br)o3)n2Cc2ccccc2)on1. The van der Waals surface area contributed by atoms with E-state index >= 15 is 0 Å². The monoisotopic (exact) mass is 473 g/mol. The van der Waals surface area contributed by atoms with E-state index in [0.29, 0.717) is 39.5 Å². The van der Waals surface area contributed by atoms with E-state index in [2.05, 4.69) is 36.6 Å². The number of amides is 1. The average Bonchev–Trinajstić information content (AvgIpc) is 3.42. The van der Waals surface area contributed by atoms with Gasteiger partial charge in [0.2, 0.25) is 17.6 Å². The lowest BCUT2D eigenvalue weighted by Gasteiger charge is -2.09. The zero-order valence-corrected chi connectivity index (χ0v) is 17.7. The summed E-state index contributed by atoms with van der Waals surface area (Å²) in [4.78, 5) is 12.2. The molecule has 0 aliphatic heterocycles. The van der Waals surface area contributed by atoms with Gasteiger partial charge in [-0.15, -0.1) is 10.2 Å². The molecule has 0 saturated carbocycles. The fourth-order valence-corrected chi connectivity index (χ4v) is 3.69. The molecular formula is C19H16BrN5O3S. The third kappa shape index (κ3) is 4.77. The first-order chi connectivity index (χ1) is 14.1. The van der Waals surface area contributed by atoms with Crippen molar-refractivity contribution in [3.63, 3.8) is 0 Å². The van der Waals surface area contributed by atoms with E-state index in [1.807, 2.05) is 41.0 Å². The predicted molar refractivity (Wildman–Crippen MR) is 112 cm³/mol. The van der Waals surface area contributed by atoms with Crippen molar-refractivity contribution in [1.82, 2.24) is 19.9 Å². The van der Waals surface area contributed by atoms with Gasteiger partial charge in [-0.2, -0.15) is 0 Å². The summed E-state index contributed by atoms with van der Waals surface area (Å²) in [5.74, 6) is 1.43. The van der Waals surface area contributed by atoms with Crippen LogP contribution < -0.4 is 5.32 Å². The van der Waals surface area contributed by atoms with Crippen molar-refractivity contribution >= 4 is 39.5 Å². The Labute approximate surface area is 178 Å². The van der Waals surface area contributed by atoms with Crippen LogP contribution in [0.5, 0.6) is 0 Å². The third-order valence-electron chi connectivity index (χ3n) is 3.92. The number of rotatable bonds is 7. The summed E-state index contributed by atoms with van der Waals surface area (Å²) < 4.78 is 13.2. The topological polar surface area (TPSA) is 99.0 Å². The second-order valence-electron chi connectivity index (χ2n) is 6.15. The second kappa shape index (κ2) is 8.66. The van der Waals surface area contributed by atoms with Crippen LogP contribution in [0.15, 0.2) is 67.3 Å². The number of carbonyl (C=O) groups excluding carboxylic acids is 1. The van der Waals surface area contributed by atoms with Gasteiger partial charge in [-0.25, -0.2) is 0 Å². The number of thioether (sulfide) groups is 1. The number of nitrogens with zero attached hydrogens (tertiary/aromatic N) is 4. The molecule has 0 fully saturated rings. The highest BCUT2D eigenvalue weighted by Crippen LogP contribution is 2.28. The summed E-state index contributed by atoms with van der Waals surface area (Å²) >= 11 is 4.60. The Bertz CT molecular complexity index is 1120. The number of carbonyl (C=O) groups is 1. The minimum absolute atomic E-state index is 0.147. The van der Waals surface area contributed by atoms with Gasteiger partial charge in [0.1, 0.15) is 0 Å². The molecule has 4 rings (SSSR count). The second-order valence-corrected chi connectivity index (χ2v) is 7.88. The molecule has 1 amide bonds. The number of hydrogen-bond donors (Lipinski definition) is 1. The molecule has 148 valence electrons. The van der Waals surface area contributed by atoms with Crippen molar-refractivity contribution < 1.29 is 13.7 Å². The Morgan fingerprint density at radius 3 is 2.72 bits per heavy atom. The number of hydrogen-bond acceptors (Lipinski definition) is 7. The van der Waals surface area contributed by atoms with Gasteiger partial charge < -0.3 is 8.94 Å². The molecule has 0 aliphatic carbocycles. The van der Waals surface area contributed by atoms with Crippen LogP contribution >= 0.6 is 27.7 Å². The zero-order chi connectivity index (χ0) is 20.2. The number of aryl methyl sites for hydroxylation is 1. The van der Waals surface area contributed by atoms with Crippen molar-refractivity contribution in [1.29, 1.82) is 0 Å². The highest BCUT2D eigenvalue weighted by molar-refractivity contribution is 9.10. The highest BCUT2D eigenvalue weighted by Gasteiger charge is 2.19. The van der Waals surface area contributed by atoms with Crippen LogP contribution in [0.4, 0.5) is 5.88 Å². The Morgan fingerprint density at radius 2 is 2.03 bits per heavy atom. The first kappa shape index (κ1) is 19.5. The average molecular weight is 474 g/mol. The molecule has 0 spiro atoms. The van der Waals surface area contributed by atoms with Crippen LogP contribution in [0.3, 0.4) is 0 Å². The quantitative estimate of drug-likeness (QED) is 0.397. The largest absolute Gasteiger partial charge is 0.446 e. The fraction of sp³-hybridized carbons (Fsp3) is 0.158. The van der Waals surface area contributed by atoms with Crippen molar-refractivity contribution in [3.8, 4) is 11.6 Å². The summed E-state index contributed by atoms with van der Waals surface area (Å²) in [5, 5.41) is 15.6. The smallest absolute Gasteiger partial charge is 0.237 e. The van der Waals surface area contributed by atoms with E-state index in [1.54, 1.807) is 19.1 Å². The molecular weight excluding hydrogens is 458 g/mol. The lowest BCUT2D eigenvalue weighted by Crippen LogP contribution is -2.14. The number of halogens is 1. The van der Waals surface area contributed by atoms with E-state index in [0.717, 1.165) is 5.56 Å². The van der Waals surface area contributed by atoms with Gasteiger partial charge in [-0.05, 0) is 40.5 Å². The van der Waals surface area contributed by atoms with Crippen LogP contribution in [0.2, 0.25) is 0 Å². The van der Waals surface area contributed by atoms with Crippen molar-refractivity contribution in [3.05, 3.63) is 64.5 Å². The number of furan rings is 1. The predicted octanol–water partition coefficient (Wildman–Crippen LogP) is 4.38. The van der Waals surface area contributed by atoms with E-state index in [4.69, 9.17) is 8.94 Å². The number of anilines is 1. The molecule has 0 unspecified atom stereocenters. The van der Waals surface area contributed by atoms with Crippen LogP contribution in [0, 0.1) is 6.92 Å². The van der Waals surface area contributed by atoms with Gasteiger partial charge in [-0.3, -0.25) is 14.7 Å². The maximum Gasteiger partial charge on any atom is 0.237 e. The van der Waals surface area contributed by atoms with Gasteiger partial charge in [0, 0.05) is 6.07 Å². The summed E-state index contributed by atoms with van der Waals surface area (Å²) in [6, 6.07) is 15.2. The van der Waals surface area contributed by atoms with Crippen molar-refractivity contribution in [2.75, 3.05) is 11.1 Å². The maximum atomic E-state index is 12.2. The Hall–Kier alpha value is -2.85. The molecule has 29 heavy (non-hydrogen) atoms. The minimum atomic E-state index is -0.220. The summed E-state index contributed by atoms with van der Waals surface area (Å²) in [5.41, 5.74) is 1.78. The third-order valence-corrected chi connectivity index (χ3v) is 5.31. The van der Waals surface area contributed by atoms with Crippen molar-refractivity contribution in [2.24, 2.45) is 0 Å². The molecule has 0 bridgehead atoms. The van der Waals surface area contributed by atoms with E-state index in [9.17, 15) is 4.79 Å². The molecule has 8 nitrogen and oxygen atoms in total. The molecule has 0 aliphatic rings. The van der Waals surface area contributed by atoms with Gasteiger partial charge in [0.15, 0.2) is 15.6 Å². The van der Waals surface area contributed by atoms with Crippen LogP contribution in [0.1, 0.15) is 11.3 Å². The molecule has 4 aromatic rings. The van der Waals surface area contributed by atoms with Crippen molar-refractivity contribution in [2.45, 2.75) is 18.6 Å². The molecule has 10 heteroatoms. The highest BCUT2D eigenvalue weighted by atomic mass is 79.9. The summed E-state index contributed by atoms with van der Waals surface area (Å²) in [6.07, 6.45) is 0. The normalized spacial score (nSPS) is 11.0. The number of nitrogens with one attached hydrogen (secondary N) is 1. The number of aromatic nitrogens is 4. The minimum Gasteiger partial charge on any atom is -0.446 e.